The number of aromatic nitrogens is 2. The van der Waals surface area contributed by atoms with Gasteiger partial charge in [-0.3, -0.25) is 4.98 Å². The summed E-state index contributed by atoms with van der Waals surface area (Å²) in [4.78, 5) is 11.0. The summed E-state index contributed by atoms with van der Waals surface area (Å²) in [6, 6.07) is 48.9. The van der Waals surface area contributed by atoms with E-state index in [1.54, 1.807) is 0 Å². The Morgan fingerprint density at radius 3 is 1.48 bits per heavy atom. The zero-order valence-corrected chi connectivity index (χ0v) is 41.2. The largest absolute Gasteiger partial charge is 0.507 e. The van der Waals surface area contributed by atoms with Gasteiger partial charge in [0.25, 0.3) is 0 Å². The molecule has 2 aromatic heterocycles. The molecule has 322 valence electrons. The summed E-state index contributed by atoms with van der Waals surface area (Å²) in [5, 5.41) is 12.3. The Bertz CT molecular complexity index is 2660. The monoisotopic (exact) mass is 998 g/mol. The molecule has 0 aliphatic carbocycles. The van der Waals surface area contributed by atoms with Gasteiger partial charge in [0.05, 0.1) is 17.1 Å². The standard InChI is InChI=1S/C58H63N2O.Pt/c1-36(2)46-28-42(39-23-18-15-19-24-39)29-47(37(3)4)54(46)43-30-51(48-32-44(56(5,6)7)33-49(55(48)61)58(11,12)13)60-52(31-43)53-35-45(57(8,9)10)34-50(59-53)41-26-20-25-40(27-41)38-21-16-14-17-22-38;/h14-25,27-37,61H,1-13H3;/q-1;. The number of pyridine rings is 2. The summed E-state index contributed by atoms with van der Waals surface area (Å²) in [6.45, 7) is 29.1. The normalized spacial score (nSPS) is 12.2. The van der Waals surface area contributed by atoms with Crippen LogP contribution in [0.25, 0.3) is 67.3 Å². The fourth-order valence-corrected chi connectivity index (χ4v) is 8.16. The van der Waals surface area contributed by atoms with Gasteiger partial charge >= 0.3 is 0 Å². The molecule has 7 aromatic rings. The molecule has 0 spiro atoms. The van der Waals surface area contributed by atoms with Crippen molar-refractivity contribution in [3.63, 3.8) is 0 Å². The number of rotatable bonds is 8. The quantitative estimate of drug-likeness (QED) is 0.154. The minimum atomic E-state index is -0.300. The van der Waals surface area contributed by atoms with Crippen molar-refractivity contribution in [1.82, 2.24) is 9.97 Å². The summed E-state index contributed by atoms with van der Waals surface area (Å²) in [5.41, 5.74) is 16.9. The summed E-state index contributed by atoms with van der Waals surface area (Å²) in [7, 11) is 0. The van der Waals surface area contributed by atoms with Gasteiger partial charge < -0.3 is 5.11 Å². The Morgan fingerprint density at radius 1 is 0.468 bits per heavy atom. The van der Waals surface area contributed by atoms with E-state index in [9.17, 15) is 5.11 Å². The third kappa shape index (κ3) is 9.90. The molecule has 0 radical (unpaired) electrons. The SMILES string of the molecule is CC(C)c1cc(-c2ccccc2)cc(C(C)C)c1-c1cc(-c2cc(C(C)(C)C)cc(-c3[c-]ccc(-c4ccccc4)c3)n2)nc(-c2cc(C(C)(C)C)cc(C(C)(C)C)c2O)c1.[Pt]. The third-order valence-electron chi connectivity index (χ3n) is 11.9. The van der Waals surface area contributed by atoms with E-state index in [0.717, 1.165) is 67.3 Å². The van der Waals surface area contributed by atoms with Gasteiger partial charge in [0.1, 0.15) is 5.75 Å². The van der Waals surface area contributed by atoms with Gasteiger partial charge in [0.2, 0.25) is 0 Å². The molecule has 0 atom stereocenters. The van der Waals surface area contributed by atoms with Crippen LogP contribution in [0.2, 0.25) is 0 Å². The van der Waals surface area contributed by atoms with E-state index in [-0.39, 0.29) is 54.9 Å². The number of hydrogen-bond acceptors (Lipinski definition) is 3. The maximum atomic E-state index is 12.3. The average molecular weight is 999 g/mol. The predicted octanol–water partition coefficient (Wildman–Crippen LogP) is 16.1. The Balaban J connectivity index is 0.00000641. The Hall–Kier alpha value is -5.11. The van der Waals surface area contributed by atoms with Gasteiger partial charge in [-0.05, 0) is 108 Å². The topological polar surface area (TPSA) is 46.0 Å². The molecule has 0 saturated carbocycles. The van der Waals surface area contributed by atoms with Crippen molar-refractivity contribution in [2.75, 3.05) is 0 Å². The molecule has 4 heteroatoms. The van der Waals surface area contributed by atoms with Crippen LogP contribution in [0, 0.1) is 6.07 Å². The fraction of sp³-hybridized carbons (Fsp3) is 0.310. The summed E-state index contributed by atoms with van der Waals surface area (Å²) >= 11 is 0. The van der Waals surface area contributed by atoms with E-state index < -0.39 is 0 Å². The van der Waals surface area contributed by atoms with Gasteiger partial charge in [-0.1, -0.05) is 175 Å². The molecule has 0 amide bonds. The fourth-order valence-electron chi connectivity index (χ4n) is 8.16. The molecule has 62 heavy (non-hydrogen) atoms. The van der Waals surface area contributed by atoms with Gasteiger partial charge in [0, 0.05) is 32.2 Å². The van der Waals surface area contributed by atoms with Crippen molar-refractivity contribution in [1.29, 1.82) is 0 Å². The van der Waals surface area contributed by atoms with Crippen LogP contribution in [-0.2, 0) is 37.3 Å². The van der Waals surface area contributed by atoms with Crippen molar-refractivity contribution >= 4 is 0 Å². The van der Waals surface area contributed by atoms with E-state index >= 15 is 0 Å². The van der Waals surface area contributed by atoms with Crippen LogP contribution >= 0.6 is 0 Å². The molecule has 7 rings (SSSR count). The van der Waals surface area contributed by atoms with E-state index in [1.807, 2.05) is 12.1 Å². The second-order valence-corrected chi connectivity index (χ2v) is 20.5. The Kier molecular flexibility index (Phi) is 13.4. The first-order chi connectivity index (χ1) is 28.7. The number of hydrogen-bond donors (Lipinski definition) is 1. The van der Waals surface area contributed by atoms with Crippen LogP contribution in [0.5, 0.6) is 5.75 Å². The van der Waals surface area contributed by atoms with Gasteiger partial charge in [-0.15, -0.1) is 35.4 Å². The van der Waals surface area contributed by atoms with Gasteiger partial charge in [-0.25, -0.2) is 4.98 Å². The maximum Gasteiger partial charge on any atom is 0.128 e. The van der Waals surface area contributed by atoms with Gasteiger partial charge in [-0.2, -0.15) is 0 Å². The molecule has 5 aromatic carbocycles. The molecule has 0 fully saturated rings. The van der Waals surface area contributed by atoms with Crippen molar-refractivity contribution in [2.24, 2.45) is 0 Å². The number of aromatic hydroxyl groups is 1. The molecule has 2 heterocycles. The molecule has 0 saturated heterocycles. The second-order valence-electron chi connectivity index (χ2n) is 20.5. The van der Waals surface area contributed by atoms with Crippen LogP contribution in [0.15, 0.2) is 127 Å². The molecule has 0 aliphatic rings. The minimum Gasteiger partial charge on any atom is -0.507 e. The van der Waals surface area contributed by atoms with Crippen molar-refractivity contribution in [3.05, 3.63) is 161 Å². The van der Waals surface area contributed by atoms with Crippen LogP contribution in [0.1, 0.15) is 130 Å². The van der Waals surface area contributed by atoms with Crippen LogP contribution in [-0.4, -0.2) is 15.1 Å². The minimum absolute atomic E-state index is 0. The first-order valence-electron chi connectivity index (χ1n) is 21.9. The third-order valence-corrected chi connectivity index (χ3v) is 11.9. The smallest absolute Gasteiger partial charge is 0.128 e. The molecular weight excluding hydrogens is 936 g/mol. The Labute approximate surface area is 386 Å². The summed E-state index contributed by atoms with van der Waals surface area (Å²) < 4.78 is 0. The number of phenolic OH excluding ortho intramolecular Hbond substituents is 1. The number of nitrogens with zero attached hydrogens (tertiary/aromatic N) is 2. The van der Waals surface area contributed by atoms with E-state index in [1.165, 1.54) is 27.8 Å². The molecule has 3 nitrogen and oxygen atoms in total. The summed E-state index contributed by atoms with van der Waals surface area (Å²) in [5.74, 6) is 0.749. The zero-order valence-electron chi connectivity index (χ0n) is 38.9. The van der Waals surface area contributed by atoms with Gasteiger partial charge in [0.15, 0.2) is 0 Å². The predicted molar refractivity (Wildman–Crippen MR) is 259 cm³/mol. The molecular formula is C58H63N2OPt-. The van der Waals surface area contributed by atoms with Crippen LogP contribution in [0.3, 0.4) is 0 Å². The number of phenols is 1. The molecule has 0 unspecified atom stereocenters. The van der Waals surface area contributed by atoms with Crippen LogP contribution < -0.4 is 0 Å². The number of benzene rings is 5. The van der Waals surface area contributed by atoms with E-state index in [4.69, 9.17) is 9.97 Å². The average Bonchev–Trinajstić information content (AvgIpc) is 3.22. The van der Waals surface area contributed by atoms with E-state index in [0.29, 0.717) is 0 Å². The maximum absolute atomic E-state index is 12.3. The summed E-state index contributed by atoms with van der Waals surface area (Å²) in [6.07, 6.45) is 0. The zero-order chi connectivity index (χ0) is 44.0. The molecule has 1 N–H and O–H groups in total. The first-order valence-corrected chi connectivity index (χ1v) is 21.9. The molecule has 0 bridgehead atoms. The van der Waals surface area contributed by atoms with E-state index in [2.05, 4.69) is 211 Å². The second kappa shape index (κ2) is 17.9. The molecule has 0 aliphatic heterocycles. The van der Waals surface area contributed by atoms with Crippen molar-refractivity contribution in [2.45, 2.75) is 118 Å². The van der Waals surface area contributed by atoms with Crippen LogP contribution in [0.4, 0.5) is 0 Å². The Morgan fingerprint density at radius 2 is 0.952 bits per heavy atom. The first kappa shape index (κ1) is 46.4. The van der Waals surface area contributed by atoms with Crippen molar-refractivity contribution < 1.29 is 26.2 Å². The van der Waals surface area contributed by atoms with Crippen molar-refractivity contribution in [3.8, 4) is 73.0 Å².